The van der Waals surface area contributed by atoms with Gasteiger partial charge in [-0.1, -0.05) is 11.5 Å². The van der Waals surface area contributed by atoms with Crippen molar-refractivity contribution in [2.24, 2.45) is 0 Å². The summed E-state index contributed by atoms with van der Waals surface area (Å²) in [4.78, 5) is 0. The molecule has 0 bridgehead atoms. The second kappa shape index (κ2) is 5.46. The second-order valence-electron chi connectivity index (χ2n) is 2.82. The molecule has 1 aromatic carbocycles. The van der Waals surface area contributed by atoms with E-state index in [9.17, 15) is 17.3 Å². The third kappa shape index (κ3) is 3.29. The van der Waals surface area contributed by atoms with E-state index < -0.39 is 23.8 Å². The van der Waals surface area contributed by atoms with Crippen LogP contribution in [0.15, 0.2) is 12.1 Å². The predicted molar refractivity (Wildman–Crippen MR) is 44.6 cm³/mol. The maximum Gasteiger partial charge on any atom is 1.00 e. The summed E-state index contributed by atoms with van der Waals surface area (Å²) in [5.41, 5.74) is -1.92. The fourth-order valence-electron chi connectivity index (χ4n) is 1.13. The summed E-state index contributed by atoms with van der Waals surface area (Å²) in [6.45, 7) is -4.11. The molecule has 0 aliphatic heterocycles. The van der Waals surface area contributed by atoms with Crippen LogP contribution in [0, 0.1) is 24.1 Å². The number of hydrogen-bond acceptors (Lipinski definition) is 1. The molecule has 1 nitrogen and oxygen atoms in total. The van der Waals surface area contributed by atoms with Crippen LogP contribution in [0.2, 0.25) is 0 Å². The zero-order chi connectivity index (χ0) is 10.9. The molecular weight excluding hydrogens is 236 g/mol. The van der Waals surface area contributed by atoms with Crippen molar-refractivity contribution >= 4 is 12.4 Å². The number of nitrogens with zero attached hydrogens (tertiary/aromatic N) is 1. The van der Waals surface area contributed by atoms with Gasteiger partial charge in [-0.2, -0.15) is 5.26 Å². The summed E-state index contributed by atoms with van der Waals surface area (Å²) in [6, 6.07) is 2.69. The van der Waals surface area contributed by atoms with Crippen molar-refractivity contribution in [1.29, 1.82) is 5.26 Å². The first kappa shape index (κ1) is 15.1. The van der Waals surface area contributed by atoms with E-state index in [4.69, 9.17) is 5.26 Å². The molecule has 15 heavy (non-hydrogen) atoms. The van der Waals surface area contributed by atoms with Crippen LogP contribution >= 0.6 is 0 Å². The van der Waals surface area contributed by atoms with Crippen molar-refractivity contribution in [1.82, 2.24) is 0 Å². The van der Waals surface area contributed by atoms with E-state index in [-0.39, 0.29) is 56.9 Å². The summed E-state index contributed by atoms with van der Waals surface area (Å²) in [7, 11) is 0. The van der Waals surface area contributed by atoms with Gasteiger partial charge in [0, 0.05) is 5.56 Å². The van der Waals surface area contributed by atoms with E-state index >= 15 is 0 Å². The molecule has 1 aromatic rings. The van der Waals surface area contributed by atoms with Gasteiger partial charge in [-0.25, -0.2) is 4.39 Å². The van der Waals surface area contributed by atoms with Crippen molar-refractivity contribution in [2.45, 2.75) is 6.92 Å². The molecule has 7 heteroatoms. The Balaban J connectivity index is 0.00000196. The monoisotopic (exact) mass is 241 g/mol. The molecule has 0 aromatic heterocycles. The Labute approximate surface area is 127 Å². The average molecular weight is 241 g/mol. The molecule has 0 saturated carbocycles. The van der Waals surface area contributed by atoms with Gasteiger partial charge in [0.15, 0.2) is 0 Å². The first-order valence-electron chi connectivity index (χ1n) is 3.77. The zero-order valence-electron chi connectivity index (χ0n) is 8.19. The van der Waals surface area contributed by atoms with Crippen LogP contribution in [-0.4, -0.2) is 6.98 Å². The van der Waals surface area contributed by atoms with Crippen LogP contribution in [0.25, 0.3) is 0 Å². The van der Waals surface area contributed by atoms with Gasteiger partial charge in [-0.05, 0) is 18.6 Å². The molecule has 0 amide bonds. The third-order valence-electron chi connectivity index (χ3n) is 1.90. The van der Waals surface area contributed by atoms with Gasteiger partial charge in [-0.3, -0.25) is 0 Å². The number of rotatable bonds is 1. The molecule has 0 saturated heterocycles. The first-order chi connectivity index (χ1) is 6.38. The molecule has 74 valence electrons. The van der Waals surface area contributed by atoms with E-state index in [0.29, 0.717) is 6.07 Å². The Bertz CT molecular complexity index is 410. The normalized spacial score (nSPS) is 10.4. The molecule has 0 aliphatic carbocycles. The number of nitriles is 1. The van der Waals surface area contributed by atoms with Gasteiger partial charge in [0.1, 0.15) is 5.82 Å². The predicted octanol–water partition coefficient (Wildman–Crippen LogP) is -0.936. The molecule has 0 aliphatic rings. The van der Waals surface area contributed by atoms with Crippen LogP contribution in [0.5, 0.6) is 0 Å². The van der Waals surface area contributed by atoms with Crippen LogP contribution in [-0.2, 0) is 0 Å². The van der Waals surface area contributed by atoms with Crippen molar-refractivity contribution in [3.63, 3.8) is 0 Å². The minimum absolute atomic E-state index is 0. The topological polar surface area (TPSA) is 23.8 Å². The van der Waals surface area contributed by atoms with Crippen molar-refractivity contribution < 1.29 is 68.7 Å². The molecule has 0 spiro atoms. The summed E-state index contributed by atoms with van der Waals surface area (Å²) >= 11 is 0. The molecule has 1 rings (SSSR count). The average Bonchev–Trinajstić information content (AvgIpc) is 2.07. The molecule has 0 atom stereocenters. The first-order valence-corrected chi connectivity index (χ1v) is 3.77. The van der Waals surface area contributed by atoms with Gasteiger partial charge < -0.3 is 12.9 Å². The Morgan fingerprint density at radius 2 is 1.80 bits per heavy atom. The molecule has 0 heterocycles. The van der Waals surface area contributed by atoms with Crippen LogP contribution in [0.1, 0.15) is 11.1 Å². The Kier molecular flexibility index (Phi) is 5.50. The summed E-state index contributed by atoms with van der Waals surface area (Å²) < 4.78 is 49.8. The van der Waals surface area contributed by atoms with Gasteiger partial charge in [0.2, 0.25) is 0 Å². The summed E-state index contributed by atoms with van der Waals surface area (Å²) in [5.74, 6) is -0.801. The van der Waals surface area contributed by atoms with Gasteiger partial charge >= 0.3 is 58.4 Å². The minimum atomic E-state index is -5.26. The number of halogens is 4. The fraction of sp³-hybridized carbons (Fsp3) is 0.125. The van der Waals surface area contributed by atoms with Gasteiger partial charge in [0.05, 0.1) is 6.07 Å². The van der Waals surface area contributed by atoms with E-state index in [1.54, 1.807) is 0 Å². The summed E-state index contributed by atoms with van der Waals surface area (Å²) in [5, 5.41) is 8.48. The maximum absolute atomic E-state index is 12.8. The number of hydrogen-bond donors (Lipinski definition) is 0. The van der Waals surface area contributed by atoms with Crippen LogP contribution in [0.3, 0.4) is 0 Å². The minimum Gasteiger partial charge on any atom is -0.445 e. The van der Waals surface area contributed by atoms with Crippen molar-refractivity contribution in [3.05, 3.63) is 29.1 Å². The maximum atomic E-state index is 12.8. The SMILES string of the molecule is Cc1c(F)ccc([B-](F)(F)F)c1C#N.[K+]. The Morgan fingerprint density at radius 1 is 1.27 bits per heavy atom. The van der Waals surface area contributed by atoms with E-state index in [2.05, 4.69) is 0 Å². The molecular formula is C8H5BF4KN. The molecule has 0 fully saturated rings. The van der Waals surface area contributed by atoms with Crippen LogP contribution in [0.4, 0.5) is 17.3 Å². The van der Waals surface area contributed by atoms with E-state index in [0.717, 1.165) is 13.0 Å². The van der Waals surface area contributed by atoms with E-state index in [1.807, 2.05) is 0 Å². The second-order valence-corrected chi connectivity index (χ2v) is 2.82. The Hall–Kier alpha value is 0.131. The Morgan fingerprint density at radius 3 is 2.20 bits per heavy atom. The van der Waals surface area contributed by atoms with E-state index in [1.165, 1.54) is 6.07 Å². The zero-order valence-corrected chi connectivity index (χ0v) is 11.3. The van der Waals surface area contributed by atoms with Gasteiger partial charge in [0.25, 0.3) is 0 Å². The number of benzene rings is 1. The van der Waals surface area contributed by atoms with Crippen molar-refractivity contribution in [3.8, 4) is 6.07 Å². The molecule has 0 radical (unpaired) electrons. The largest absolute Gasteiger partial charge is 1.00 e. The molecule has 0 unspecified atom stereocenters. The fourth-order valence-corrected chi connectivity index (χ4v) is 1.13. The third-order valence-corrected chi connectivity index (χ3v) is 1.90. The standard InChI is InChI=1S/C8H5BF4N.K/c1-5-6(4-14)7(9(11,12)13)2-3-8(5)10;/h2-3H,1H3;/q-1;+1. The van der Waals surface area contributed by atoms with Gasteiger partial charge in [-0.15, -0.1) is 0 Å². The summed E-state index contributed by atoms with van der Waals surface area (Å²) in [6.07, 6.45) is 0. The quantitative estimate of drug-likeness (QED) is 0.460. The smallest absolute Gasteiger partial charge is 0.445 e. The van der Waals surface area contributed by atoms with Crippen molar-refractivity contribution in [2.75, 3.05) is 0 Å². The van der Waals surface area contributed by atoms with Crippen LogP contribution < -0.4 is 56.8 Å². The molecule has 0 N–H and O–H groups in total.